The van der Waals surface area contributed by atoms with Crippen molar-refractivity contribution >= 4 is 16.8 Å². The van der Waals surface area contributed by atoms with Crippen molar-refractivity contribution in [3.8, 4) is 17.2 Å². The van der Waals surface area contributed by atoms with Crippen LogP contribution in [0.5, 0.6) is 5.75 Å². The minimum absolute atomic E-state index is 0.0669. The van der Waals surface area contributed by atoms with Gasteiger partial charge in [0.15, 0.2) is 0 Å². The summed E-state index contributed by atoms with van der Waals surface area (Å²) in [6.07, 6.45) is 2.21. The summed E-state index contributed by atoms with van der Waals surface area (Å²) in [5.41, 5.74) is -0.309. The quantitative estimate of drug-likeness (QED) is 0.316. The molecular formula is C30H36N4O6. The number of amides is 1. The van der Waals surface area contributed by atoms with Crippen LogP contribution in [0.25, 0.3) is 22.4 Å². The number of nitrogens with one attached hydrogen (secondary N) is 1. The third-order valence-electron chi connectivity index (χ3n) is 6.96. The van der Waals surface area contributed by atoms with E-state index in [9.17, 15) is 14.4 Å². The van der Waals surface area contributed by atoms with Gasteiger partial charge in [0.05, 0.1) is 36.9 Å². The first kappa shape index (κ1) is 28.8. The Labute approximate surface area is 232 Å². The molecule has 1 atom stereocenters. The zero-order chi connectivity index (χ0) is 29.2. The van der Waals surface area contributed by atoms with Crippen LogP contribution in [-0.2, 0) is 21.6 Å². The van der Waals surface area contributed by atoms with Gasteiger partial charge in [0.25, 0.3) is 5.56 Å². The normalized spacial score (nSPS) is 12.6. The molecule has 0 radical (unpaired) electrons. The molecule has 2 aromatic carbocycles. The smallest absolute Gasteiger partial charge is 0.332 e. The third kappa shape index (κ3) is 5.19. The number of carbonyl (C=O) groups excluding carboxylic acids is 1. The molecule has 10 nitrogen and oxygen atoms in total. The maximum Gasteiger partial charge on any atom is 0.332 e. The molecule has 1 amide bonds. The lowest BCUT2D eigenvalue weighted by Gasteiger charge is -2.29. The van der Waals surface area contributed by atoms with E-state index < -0.39 is 28.8 Å². The van der Waals surface area contributed by atoms with Crippen LogP contribution < -0.4 is 21.3 Å². The number of fused-ring (bicyclic) bond motifs is 1. The molecule has 0 bridgehead atoms. The molecule has 0 aliphatic carbocycles. The minimum Gasteiger partial charge on any atom is -0.496 e. The highest BCUT2D eigenvalue weighted by atomic mass is 16.5. The molecule has 1 N–H and O–H groups in total. The second-order valence-electron chi connectivity index (χ2n) is 10.3. The fourth-order valence-electron chi connectivity index (χ4n) is 4.99. The lowest BCUT2D eigenvalue weighted by molar-refractivity contribution is -0.128. The molecule has 40 heavy (non-hydrogen) atoms. The Morgan fingerprint density at radius 3 is 2.50 bits per heavy atom. The molecule has 0 saturated heterocycles. The second-order valence-corrected chi connectivity index (χ2v) is 10.3. The summed E-state index contributed by atoms with van der Waals surface area (Å²) in [6.45, 7) is 10.9. The van der Waals surface area contributed by atoms with Crippen LogP contribution in [0.1, 0.15) is 51.8 Å². The van der Waals surface area contributed by atoms with Gasteiger partial charge in [-0.25, -0.2) is 14.3 Å². The molecule has 2 aromatic heterocycles. The highest BCUT2D eigenvalue weighted by Gasteiger charge is 2.35. The van der Waals surface area contributed by atoms with Gasteiger partial charge in [0, 0.05) is 17.7 Å². The summed E-state index contributed by atoms with van der Waals surface area (Å²) >= 11 is 0. The number of rotatable bonds is 10. The number of hydrogen-bond donors (Lipinski definition) is 1. The SMILES string of the molecule is CCNC(=O)C(C)(C)n1c(=O)c2c(C)c(-c3ncco3)ccc2n(CC(OC(C)C)c2ccccc2OC)c1=O. The molecule has 10 heteroatoms. The minimum atomic E-state index is -1.48. The number of hydrogen-bond acceptors (Lipinski definition) is 7. The van der Waals surface area contributed by atoms with Crippen LogP contribution in [0.15, 0.2) is 62.9 Å². The number of aromatic nitrogens is 3. The summed E-state index contributed by atoms with van der Waals surface area (Å²) in [5.74, 6) is 0.520. The van der Waals surface area contributed by atoms with E-state index in [0.717, 1.165) is 10.1 Å². The largest absolute Gasteiger partial charge is 0.496 e. The molecule has 4 aromatic rings. The first-order valence-corrected chi connectivity index (χ1v) is 13.3. The maximum absolute atomic E-state index is 14.2. The highest BCUT2D eigenvalue weighted by Crippen LogP contribution is 2.32. The van der Waals surface area contributed by atoms with E-state index in [-0.39, 0.29) is 18.0 Å². The summed E-state index contributed by atoms with van der Waals surface area (Å²) in [4.78, 5) is 45.7. The molecule has 0 saturated carbocycles. The Hall–Kier alpha value is -4.18. The molecule has 1 unspecified atom stereocenters. The van der Waals surface area contributed by atoms with Crippen molar-refractivity contribution in [2.24, 2.45) is 0 Å². The van der Waals surface area contributed by atoms with Gasteiger partial charge in [-0.05, 0) is 65.3 Å². The number of para-hydroxylation sites is 1. The fraction of sp³-hybridized carbons (Fsp3) is 0.400. The fourth-order valence-corrected chi connectivity index (χ4v) is 4.99. The molecule has 0 aliphatic rings. The van der Waals surface area contributed by atoms with Crippen LogP contribution in [0, 0.1) is 6.92 Å². The van der Waals surface area contributed by atoms with Crippen molar-refractivity contribution in [1.29, 1.82) is 0 Å². The maximum atomic E-state index is 14.2. The van der Waals surface area contributed by atoms with Crippen molar-refractivity contribution in [2.45, 2.75) is 65.8 Å². The van der Waals surface area contributed by atoms with Crippen LogP contribution in [-0.4, -0.2) is 39.8 Å². The van der Waals surface area contributed by atoms with E-state index in [4.69, 9.17) is 13.9 Å². The van der Waals surface area contributed by atoms with E-state index in [1.807, 2.05) is 38.1 Å². The lowest BCUT2D eigenvalue weighted by Crippen LogP contribution is -2.56. The average Bonchev–Trinajstić information content (AvgIpc) is 3.44. The van der Waals surface area contributed by atoms with Gasteiger partial charge >= 0.3 is 5.69 Å². The Morgan fingerprint density at radius 1 is 1.15 bits per heavy atom. The number of aryl methyl sites for hydroxylation is 1. The van der Waals surface area contributed by atoms with E-state index in [1.54, 1.807) is 46.9 Å². The molecule has 0 spiro atoms. The number of benzene rings is 2. The molecule has 2 heterocycles. The zero-order valence-corrected chi connectivity index (χ0v) is 24.0. The van der Waals surface area contributed by atoms with Gasteiger partial charge in [0.2, 0.25) is 11.8 Å². The molecule has 4 rings (SSSR count). The average molecular weight is 549 g/mol. The summed E-state index contributed by atoms with van der Waals surface area (Å²) in [5, 5.41) is 3.04. The number of ether oxygens (including phenoxy) is 2. The summed E-state index contributed by atoms with van der Waals surface area (Å²) < 4.78 is 20.0. The molecular weight excluding hydrogens is 512 g/mol. The lowest BCUT2D eigenvalue weighted by atomic mass is 10.0. The summed E-state index contributed by atoms with van der Waals surface area (Å²) in [6, 6.07) is 10.9. The van der Waals surface area contributed by atoms with Gasteiger partial charge in [-0.3, -0.25) is 14.2 Å². The van der Waals surface area contributed by atoms with Gasteiger partial charge in [-0.1, -0.05) is 18.2 Å². The number of likely N-dealkylation sites (N-methyl/N-ethyl adjacent to an activating group) is 1. The predicted molar refractivity (Wildman–Crippen MR) is 153 cm³/mol. The molecule has 0 fully saturated rings. The van der Waals surface area contributed by atoms with Gasteiger partial charge < -0.3 is 19.2 Å². The Balaban J connectivity index is 2.06. The number of carbonyl (C=O) groups is 1. The number of nitrogens with zero attached hydrogens (tertiary/aromatic N) is 3. The van der Waals surface area contributed by atoms with Gasteiger partial charge in [-0.15, -0.1) is 0 Å². The van der Waals surface area contributed by atoms with Gasteiger partial charge in [0.1, 0.15) is 23.7 Å². The topological polar surface area (TPSA) is 118 Å². The zero-order valence-electron chi connectivity index (χ0n) is 24.0. The highest BCUT2D eigenvalue weighted by molar-refractivity contribution is 5.88. The summed E-state index contributed by atoms with van der Waals surface area (Å²) in [7, 11) is 1.58. The third-order valence-corrected chi connectivity index (χ3v) is 6.96. The van der Waals surface area contributed by atoms with Crippen molar-refractivity contribution in [3.63, 3.8) is 0 Å². The van der Waals surface area contributed by atoms with E-state index in [2.05, 4.69) is 10.3 Å². The van der Waals surface area contributed by atoms with Crippen LogP contribution in [0.2, 0.25) is 0 Å². The van der Waals surface area contributed by atoms with Crippen LogP contribution in [0.3, 0.4) is 0 Å². The number of oxazole rings is 1. The predicted octanol–water partition coefficient (Wildman–Crippen LogP) is 4.17. The van der Waals surface area contributed by atoms with E-state index >= 15 is 0 Å². The first-order chi connectivity index (χ1) is 19.0. The van der Waals surface area contributed by atoms with Crippen molar-refractivity contribution in [1.82, 2.24) is 19.4 Å². The Bertz CT molecular complexity index is 1630. The van der Waals surface area contributed by atoms with Gasteiger partial charge in [-0.2, -0.15) is 0 Å². The van der Waals surface area contributed by atoms with Crippen molar-refractivity contribution in [2.75, 3.05) is 13.7 Å². The van der Waals surface area contributed by atoms with Crippen molar-refractivity contribution in [3.05, 3.63) is 80.8 Å². The van der Waals surface area contributed by atoms with E-state index in [0.29, 0.717) is 34.8 Å². The van der Waals surface area contributed by atoms with Crippen molar-refractivity contribution < 1.29 is 18.7 Å². The Kier molecular flexibility index (Phi) is 8.29. The second kappa shape index (κ2) is 11.5. The monoisotopic (exact) mass is 548 g/mol. The Morgan fingerprint density at radius 2 is 1.88 bits per heavy atom. The first-order valence-electron chi connectivity index (χ1n) is 13.3. The van der Waals surface area contributed by atoms with E-state index in [1.165, 1.54) is 17.0 Å². The molecule has 0 aliphatic heterocycles. The standard InChI is InChI=1S/C30H36N4O6/c1-8-31-28(36)30(5,6)34-27(35)25-19(4)20(26-32-15-16-39-26)13-14-22(25)33(29(34)37)17-24(40-18(2)3)21-11-9-10-12-23(21)38-7/h9-16,18,24H,8,17H2,1-7H3,(H,31,36). The van der Waals surface area contributed by atoms with Crippen LogP contribution in [0.4, 0.5) is 0 Å². The molecule has 212 valence electrons. The van der Waals surface area contributed by atoms with Crippen LogP contribution >= 0.6 is 0 Å². The number of methoxy groups -OCH3 is 1.